The molecule has 1 aromatic heterocycles. The fourth-order valence-corrected chi connectivity index (χ4v) is 2.34. The van der Waals surface area contributed by atoms with E-state index in [9.17, 15) is 18.0 Å². The molecule has 140 valence electrons. The molecule has 0 saturated heterocycles. The topological polar surface area (TPSA) is 61.6 Å². The summed E-state index contributed by atoms with van der Waals surface area (Å²) in [6.07, 6.45) is -4.07. The van der Waals surface area contributed by atoms with Crippen LogP contribution >= 0.6 is 0 Å². The standard InChI is InChI=1S/C19H14F3NO4/c1-12-17(11-25-15-6-2-4-13(8-15)10-24)23-18(26-12)14-5-3-7-16(9-14)27-19(20,21)22/h2-10H,11H2,1H3. The van der Waals surface area contributed by atoms with Crippen molar-refractivity contribution in [2.24, 2.45) is 0 Å². The largest absolute Gasteiger partial charge is 0.573 e. The first kappa shape index (κ1) is 18.5. The number of benzene rings is 2. The van der Waals surface area contributed by atoms with Crippen LogP contribution in [0, 0.1) is 6.92 Å². The number of nitrogens with zero attached hydrogens (tertiary/aromatic N) is 1. The highest BCUT2D eigenvalue weighted by molar-refractivity contribution is 5.75. The molecule has 0 saturated carbocycles. The van der Waals surface area contributed by atoms with Crippen LogP contribution in [0.15, 0.2) is 52.9 Å². The molecule has 0 spiro atoms. The van der Waals surface area contributed by atoms with Gasteiger partial charge in [-0.2, -0.15) is 0 Å². The molecule has 5 nitrogen and oxygen atoms in total. The maximum atomic E-state index is 12.4. The molecule has 27 heavy (non-hydrogen) atoms. The molecule has 0 aliphatic carbocycles. The zero-order chi connectivity index (χ0) is 19.4. The molecule has 0 N–H and O–H groups in total. The van der Waals surface area contributed by atoms with Crippen molar-refractivity contribution in [2.45, 2.75) is 19.9 Å². The highest BCUT2D eigenvalue weighted by Gasteiger charge is 2.31. The Morgan fingerprint density at radius 2 is 1.85 bits per heavy atom. The number of ether oxygens (including phenoxy) is 2. The van der Waals surface area contributed by atoms with Gasteiger partial charge in [0.15, 0.2) is 0 Å². The zero-order valence-electron chi connectivity index (χ0n) is 14.1. The summed E-state index contributed by atoms with van der Waals surface area (Å²) < 4.78 is 52.1. The van der Waals surface area contributed by atoms with E-state index in [2.05, 4.69) is 9.72 Å². The maximum Gasteiger partial charge on any atom is 0.573 e. The molecule has 3 rings (SSSR count). The number of oxazole rings is 1. The first-order valence-electron chi connectivity index (χ1n) is 7.84. The third-order valence-electron chi connectivity index (χ3n) is 3.58. The van der Waals surface area contributed by atoms with Crippen molar-refractivity contribution in [1.82, 2.24) is 4.98 Å². The van der Waals surface area contributed by atoms with Gasteiger partial charge in [0.1, 0.15) is 35.8 Å². The molecular formula is C19H14F3NO4. The van der Waals surface area contributed by atoms with Crippen LogP contribution in [0.2, 0.25) is 0 Å². The molecule has 0 fully saturated rings. The van der Waals surface area contributed by atoms with E-state index in [1.54, 1.807) is 37.3 Å². The van der Waals surface area contributed by atoms with Crippen molar-refractivity contribution in [3.63, 3.8) is 0 Å². The Labute approximate surface area is 152 Å². The summed E-state index contributed by atoms with van der Waals surface area (Å²) >= 11 is 0. The van der Waals surface area contributed by atoms with Crippen LogP contribution < -0.4 is 9.47 Å². The Kier molecular flexibility index (Phi) is 5.16. The second-order valence-electron chi connectivity index (χ2n) is 5.58. The first-order valence-corrected chi connectivity index (χ1v) is 7.84. The van der Waals surface area contributed by atoms with Gasteiger partial charge in [-0.25, -0.2) is 4.98 Å². The van der Waals surface area contributed by atoms with Crippen molar-refractivity contribution in [3.05, 3.63) is 65.5 Å². The average molecular weight is 377 g/mol. The molecule has 0 amide bonds. The molecule has 2 aromatic carbocycles. The summed E-state index contributed by atoms with van der Waals surface area (Å²) in [5.41, 5.74) is 1.31. The summed E-state index contributed by atoms with van der Waals surface area (Å²) in [6, 6.07) is 12.0. The van der Waals surface area contributed by atoms with Gasteiger partial charge in [0.05, 0.1) is 0 Å². The zero-order valence-corrected chi connectivity index (χ0v) is 14.1. The smallest absolute Gasteiger partial charge is 0.487 e. The predicted molar refractivity (Wildman–Crippen MR) is 89.5 cm³/mol. The van der Waals surface area contributed by atoms with Crippen molar-refractivity contribution in [1.29, 1.82) is 0 Å². The van der Waals surface area contributed by atoms with Crippen molar-refractivity contribution in [3.8, 4) is 23.0 Å². The van der Waals surface area contributed by atoms with Crippen LogP contribution in [0.1, 0.15) is 21.8 Å². The number of hydrogen-bond donors (Lipinski definition) is 0. The Morgan fingerprint density at radius 1 is 1.11 bits per heavy atom. The van der Waals surface area contributed by atoms with Crippen molar-refractivity contribution >= 4 is 6.29 Å². The van der Waals surface area contributed by atoms with Gasteiger partial charge in [-0.3, -0.25) is 4.79 Å². The highest BCUT2D eigenvalue weighted by Crippen LogP contribution is 2.29. The van der Waals surface area contributed by atoms with Crippen LogP contribution in [-0.2, 0) is 6.61 Å². The third-order valence-corrected chi connectivity index (χ3v) is 3.58. The van der Waals surface area contributed by atoms with Crippen LogP contribution in [-0.4, -0.2) is 17.6 Å². The van der Waals surface area contributed by atoms with Gasteiger partial charge in [-0.05, 0) is 37.3 Å². The summed E-state index contributed by atoms with van der Waals surface area (Å²) in [7, 11) is 0. The Morgan fingerprint density at radius 3 is 2.59 bits per heavy atom. The van der Waals surface area contributed by atoms with Gasteiger partial charge in [-0.1, -0.05) is 18.2 Å². The van der Waals surface area contributed by atoms with Gasteiger partial charge in [0.2, 0.25) is 5.89 Å². The van der Waals surface area contributed by atoms with Crippen LogP contribution in [0.25, 0.3) is 11.5 Å². The Bertz CT molecular complexity index is 950. The molecule has 0 aliphatic rings. The Hall–Kier alpha value is -3.29. The van der Waals surface area contributed by atoms with E-state index in [1.807, 2.05) is 0 Å². The lowest BCUT2D eigenvalue weighted by Crippen LogP contribution is -2.17. The van der Waals surface area contributed by atoms with Gasteiger partial charge in [-0.15, -0.1) is 13.2 Å². The molecule has 0 unspecified atom stereocenters. The second kappa shape index (κ2) is 7.53. The van der Waals surface area contributed by atoms with Crippen LogP contribution in [0.3, 0.4) is 0 Å². The van der Waals surface area contributed by atoms with Gasteiger partial charge < -0.3 is 13.9 Å². The number of aromatic nitrogens is 1. The highest BCUT2D eigenvalue weighted by atomic mass is 19.4. The minimum Gasteiger partial charge on any atom is -0.487 e. The SMILES string of the molecule is Cc1oc(-c2cccc(OC(F)(F)F)c2)nc1COc1cccc(C=O)c1. The summed E-state index contributed by atoms with van der Waals surface area (Å²) in [5, 5.41) is 0. The molecule has 0 atom stereocenters. The second-order valence-corrected chi connectivity index (χ2v) is 5.58. The van der Waals surface area contributed by atoms with Crippen LogP contribution in [0.5, 0.6) is 11.5 Å². The van der Waals surface area contributed by atoms with Gasteiger partial charge in [0, 0.05) is 11.1 Å². The number of halogens is 3. The van der Waals surface area contributed by atoms with Gasteiger partial charge >= 0.3 is 6.36 Å². The molecular weight excluding hydrogens is 363 g/mol. The molecule has 0 aliphatic heterocycles. The minimum atomic E-state index is -4.78. The van der Waals surface area contributed by atoms with Crippen molar-refractivity contribution in [2.75, 3.05) is 0 Å². The number of aldehydes is 1. The molecule has 8 heteroatoms. The molecule has 1 heterocycles. The number of carbonyl (C=O) groups excluding carboxylic acids is 1. The lowest BCUT2D eigenvalue weighted by atomic mass is 10.2. The van der Waals surface area contributed by atoms with E-state index in [4.69, 9.17) is 9.15 Å². The number of hydrogen-bond acceptors (Lipinski definition) is 5. The molecule has 0 radical (unpaired) electrons. The van der Waals surface area contributed by atoms with E-state index in [1.165, 1.54) is 18.2 Å². The normalized spacial score (nSPS) is 11.3. The van der Waals surface area contributed by atoms with E-state index < -0.39 is 6.36 Å². The first-order chi connectivity index (χ1) is 12.8. The number of aryl methyl sites for hydroxylation is 1. The van der Waals surface area contributed by atoms with E-state index >= 15 is 0 Å². The number of alkyl halides is 3. The van der Waals surface area contributed by atoms with Crippen molar-refractivity contribution < 1.29 is 31.9 Å². The third kappa shape index (κ3) is 4.87. The van der Waals surface area contributed by atoms with E-state index in [0.717, 1.165) is 0 Å². The fourth-order valence-electron chi connectivity index (χ4n) is 2.34. The lowest BCUT2D eigenvalue weighted by Gasteiger charge is -2.08. The lowest BCUT2D eigenvalue weighted by molar-refractivity contribution is -0.274. The van der Waals surface area contributed by atoms with Crippen LogP contribution in [0.4, 0.5) is 13.2 Å². The summed E-state index contributed by atoms with van der Waals surface area (Å²) in [5.74, 6) is 0.752. The fraction of sp³-hybridized carbons (Fsp3) is 0.158. The van der Waals surface area contributed by atoms with Gasteiger partial charge in [0.25, 0.3) is 0 Å². The molecule has 3 aromatic rings. The summed E-state index contributed by atoms with van der Waals surface area (Å²) in [4.78, 5) is 15.1. The number of rotatable bonds is 6. The number of carbonyl (C=O) groups is 1. The molecule has 0 bridgehead atoms. The quantitative estimate of drug-likeness (QED) is 0.570. The maximum absolute atomic E-state index is 12.4. The summed E-state index contributed by atoms with van der Waals surface area (Å²) in [6.45, 7) is 1.75. The monoisotopic (exact) mass is 377 g/mol. The van der Waals surface area contributed by atoms with E-state index in [0.29, 0.717) is 34.6 Å². The minimum absolute atomic E-state index is 0.0797. The average Bonchev–Trinajstić information content (AvgIpc) is 3.00. The Balaban J connectivity index is 1.76. The predicted octanol–water partition coefficient (Wildman–Crippen LogP) is 4.94. The van der Waals surface area contributed by atoms with E-state index in [-0.39, 0.29) is 18.2 Å².